The second-order valence-electron chi connectivity index (χ2n) is 6.83. The molecule has 1 saturated heterocycles. The molecule has 7 heteroatoms. The molecule has 1 fully saturated rings. The summed E-state index contributed by atoms with van der Waals surface area (Å²) in [6.07, 6.45) is 2.34. The Kier molecular flexibility index (Phi) is 5.13. The predicted octanol–water partition coefficient (Wildman–Crippen LogP) is 1.93. The van der Waals surface area contributed by atoms with Crippen molar-refractivity contribution < 1.29 is 18.0 Å². The number of anilines is 1. The fraction of sp³-hybridized carbons (Fsp3) is 0.556. The molecular weight excluding hydrogens is 340 g/mol. The van der Waals surface area contributed by atoms with E-state index < -0.39 is 15.8 Å². The Balaban J connectivity index is 1.88. The normalized spacial score (nSPS) is 24.4. The maximum atomic E-state index is 13.3. The van der Waals surface area contributed by atoms with Crippen molar-refractivity contribution in [2.45, 2.75) is 44.6 Å². The lowest BCUT2D eigenvalue weighted by Gasteiger charge is -2.34. The molecule has 2 aliphatic rings. The fourth-order valence-electron chi connectivity index (χ4n) is 3.65. The van der Waals surface area contributed by atoms with Gasteiger partial charge in [0.25, 0.3) is 0 Å². The number of fused-ring (bicyclic) bond motifs is 1. The van der Waals surface area contributed by atoms with Crippen LogP contribution in [0.1, 0.15) is 44.1 Å². The molecule has 0 aliphatic carbocycles. The number of carbonyl (C=O) groups excluding carboxylic acids is 2. The van der Waals surface area contributed by atoms with Crippen LogP contribution in [0.2, 0.25) is 0 Å². The minimum absolute atomic E-state index is 0.0308. The molecule has 1 aromatic rings. The Morgan fingerprint density at radius 3 is 2.76 bits per heavy atom. The average molecular weight is 364 g/mol. The molecule has 2 atom stereocenters. The van der Waals surface area contributed by atoms with Crippen molar-refractivity contribution in [2.24, 2.45) is 0 Å². The molecule has 0 aromatic heterocycles. The van der Waals surface area contributed by atoms with Crippen LogP contribution in [0.25, 0.3) is 0 Å². The van der Waals surface area contributed by atoms with Gasteiger partial charge in [-0.3, -0.25) is 9.59 Å². The highest BCUT2D eigenvalue weighted by molar-refractivity contribution is 7.91. The van der Waals surface area contributed by atoms with Gasteiger partial charge in [0.15, 0.2) is 9.84 Å². The third-order valence-corrected chi connectivity index (χ3v) is 6.73. The second-order valence-corrected chi connectivity index (χ2v) is 9.06. The zero-order chi connectivity index (χ0) is 18.0. The molecule has 136 valence electrons. The highest BCUT2D eigenvalue weighted by Crippen LogP contribution is 2.34. The number of nitrogens with zero attached hydrogens (tertiary/aromatic N) is 1. The van der Waals surface area contributed by atoms with Crippen molar-refractivity contribution in [3.05, 3.63) is 29.8 Å². The van der Waals surface area contributed by atoms with E-state index in [-0.39, 0.29) is 35.8 Å². The van der Waals surface area contributed by atoms with Gasteiger partial charge in [-0.05, 0) is 24.5 Å². The molecular formula is C18H24N2O4S. The zero-order valence-corrected chi connectivity index (χ0v) is 15.2. The largest absolute Gasteiger partial charge is 0.338 e. The van der Waals surface area contributed by atoms with E-state index >= 15 is 0 Å². The standard InChI is InChI=1S/C18H24N2O4S/c1-2-3-9-20(13-8-10-25(23,24)12-13)18(22)15-11-17(21)19-16-7-5-4-6-14(15)16/h4-7,13,15H,2-3,8-12H2,1H3,(H,19,21). The van der Waals surface area contributed by atoms with Crippen molar-refractivity contribution in [2.75, 3.05) is 23.4 Å². The molecule has 2 heterocycles. The van der Waals surface area contributed by atoms with Gasteiger partial charge in [0.2, 0.25) is 11.8 Å². The van der Waals surface area contributed by atoms with E-state index in [0.29, 0.717) is 18.7 Å². The van der Waals surface area contributed by atoms with Gasteiger partial charge in [0.05, 0.1) is 17.4 Å². The summed E-state index contributed by atoms with van der Waals surface area (Å²) in [4.78, 5) is 27.0. The van der Waals surface area contributed by atoms with Gasteiger partial charge in [-0.2, -0.15) is 0 Å². The molecule has 2 aliphatic heterocycles. The van der Waals surface area contributed by atoms with Crippen molar-refractivity contribution in [3.8, 4) is 0 Å². The van der Waals surface area contributed by atoms with E-state index in [0.717, 1.165) is 18.4 Å². The first-order valence-electron chi connectivity index (χ1n) is 8.81. The van der Waals surface area contributed by atoms with Gasteiger partial charge >= 0.3 is 0 Å². The molecule has 6 nitrogen and oxygen atoms in total. The molecule has 3 rings (SSSR count). The molecule has 25 heavy (non-hydrogen) atoms. The number of unbranched alkanes of at least 4 members (excludes halogenated alkanes) is 1. The summed E-state index contributed by atoms with van der Waals surface area (Å²) in [6.45, 7) is 2.58. The second kappa shape index (κ2) is 7.15. The number of rotatable bonds is 5. The Hall–Kier alpha value is -1.89. The van der Waals surface area contributed by atoms with E-state index in [1.807, 2.05) is 25.1 Å². The van der Waals surface area contributed by atoms with Gasteiger partial charge in [-0.15, -0.1) is 0 Å². The highest BCUT2D eigenvalue weighted by Gasteiger charge is 2.39. The lowest BCUT2D eigenvalue weighted by Crippen LogP contribution is -2.45. The maximum absolute atomic E-state index is 13.3. The van der Waals surface area contributed by atoms with Gasteiger partial charge in [-0.1, -0.05) is 31.5 Å². The fourth-order valence-corrected chi connectivity index (χ4v) is 5.38. The number of hydrogen-bond donors (Lipinski definition) is 1. The Morgan fingerprint density at radius 2 is 2.08 bits per heavy atom. The summed E-state index contributed by atoms with van der Waals surface area (Å²) in [5, 5.41) is 2.80. The van der Waals surface area contributed by atoms with Crippen molar-refractivity contribution in [1.29, 1.82) is 0 Å². The van der Waals surface area contributed by atoms with E-state index in [1.165, 1.54) is 0 Å². The molecule has 0 spiro atoms. The molecule has 0 saturated carbocycles. The summed E-state index contributed by atoms with van der Waals surface area (Å²) in [5.74, 6) is -0.673. The first kappa shape index (κ1) is 17.9. The van der Waals surface area contributed by atoms with Crippen LogP contribution in [-0.4, -0.2) is 49.2 Å². The Bertz CT molecular complexity index is 775. The van der Waals surface area contributed by atoms with E-state index in [1.54, 1.807) is 11.0 Å². The SMILES string of the molecule is CCCCN(C(=O)C1CC(=O)Nc2ccccc21)C1CCS(=O)(=O)C1. The molecule has 2 unspecified atom stereocenters. The summed E-state index contributed by atoms with van der Waals surface area (Å²) >= 11 is 0. The number of sulfone groups is 1. The number of hydrogen-bond acceptors (Lipinski definition) is 4. The molecule has 1 aromatic carbocycles. The summed E-state index contributed by atoms with van der Waals surface area (Å²) in [5.41, 5.74) is 1.49. The number of carbonyl (C=O) groups is 2. The lowest BCUT2D eigenvalue weighted by molar-refractivity contribution is -0.136. The summed E-state index contributed by atoms with van der Waals surface area (Å²) < 4.78 is 23.7. The van der Waals surface area contributed by atoms with Gasteiger partial charge in [0.1, 0.15) is 0 Å². The Labute approximate surface area is 148 Å². The van der Waals surface area contributed by atoms with Crippen LogP contribution in [0.5, 0.6) is 0 Å². The third-order valence-electron chi connectivity index (χ3n) is 4.98. The van der Waals surface area contributed by atoms with Crippen molar-refractivity contribution in [3.63, 3.8) is 0 Å². The molecule has 2 amide bonds. The maximum Gasteiger partial charge on any atom is 0.230 e. The van der Waals surface area contributed by atoms with Crippen LogP contribution >= 0.6 is 0 Å². The molecule has 1 N–H and O–H groups in total. The molecule has 0 bridgehead atoms. The number of nitrogens with one attached hydrogen (secondary N) is 1. The van der Waals surface area contributed by atoms with Crippen LogP contribution in [0, 0.1) is 0 Å². The van der Waals surface area contributed by atoms with Crippen molar-refractivity contribution >= 4 is 27.3 Å². The summed E-state index contributed by atoms with van der Waals surface area (Å²) in [7, 11) is -3.07. The van der Waals surface area contributed by atoms with E-state index in [9.17, 15) is 18.0 Å². The van der Waals surface area contributed by atoms with E-state index in [4.69, 9.17) is 0 Å². The van der Waals surface area contributed by atoms with E-state index in [2.05, 4.69) is 5.32 Å². The summed E-state index contributed by atoms with van der Waals surface area (Å²) in [6, 6.07) is 7.06. The number of para-hydroxylation sites is 1. The van der Waals surface area contributed by atoms with Crippen LogP contribution in [0.4, 0.5) is 5.69 Å². The van der Waals surface area contributed by atoms with Gasteiger partial charge < -0.3 is 10.2 Å². The highest BCUT2D eigenvalue weighted by atomic mass is 32.2. The van der Waals surface area contributed by atoms with Crippen LogP contribution < -0.4 is 5.32 Å². The first-order chi connectivity index (χ1) is 11.9. The van der Waals surface area contributed by atoms with Crippen molar-refractivity contribution in [1.82, 2.24) is 4.90 Å². The van der Waals surface area contributed by atoms with Crippen LogP contribution in [0.15, 0.2) is 24.3 Å². The topological polar surface area (TPSA) is 83.6 Å². The zero-order valence-electron chi connectivity index (χ0n) is 14.4. The monoisotopic (exact) mass is 364 g/mol. The predicted molar refractivity (Wildman–Crippen MR) is 96.1 cm³/mol. The lowest BCUT2D eigenvalue weighted by atomic mass is 9.89. The minimum Gasteiger partial charge on any atom is -0.338 e. The minimum atomic E-state index is -3.07. The van der Waals surface area contributed by atoms with Gasteiger partial charge in [0, 0.05) is 24.7 Å². The number of benzene rings is 1. The Morgan fingerprint density at radius 1 is 1.32 bits per heavy atom. The molecule has 0 radical (unpaired) electrons. The quantitative estimate of drug-likeness (QED) is 0.865. The van der Waals surface area contributed by atoms with Gasteiger partial charge in [-0.25, -0.2) is 8.42 Å². The average Bonchev–Trinajstić information content (AvgIpc) is 2.94. The van der Waals surface area contributed by atoms with Crippen LogP contribution in [-0.2, 0) is 19.4 Å². The smallest absolute Gasteiger partial charge is 0.230 e. The first-order valence-corrected chi connectivity index (χ1v) is 10.6. The van der Waals surface area contributed by atoms with Crippen LogP contribution in [0.3, 0.4) is 0 Å². The number of amides is 2. The third kappa shape index (κ3) is 3.86.